The molecule has 0 radical (unpaired) electrons. The average molecular weight is 176 g/mol. The molecule has 0 atom stereocenters. The Balaban J connectivity index is 2.41. The molecule has 4 heteroatoms. The van der Waals surface area contributed by atoms with E-state index >= 15 is 0 Å². The summed E-state index contributed by atoms with van der Waals surface area (Å²) in [4.78, 5) is 0. The van der Waals surface area contributed by atoms with E-state index in [1.165, 1.54) is 4.68 Å². The van der Waals surface area contributed by atoms with Crippen molar-refractivity contribution in [2.24, 2.45) is 0 Å². The molecule has 0 unspecified atom stereocenters. The summed E-state index contributed by atoms with van der Waals surface area (Å²) in [7, 11) is 0. The molecule has 1 aromatic carbocycles. The lowest BCUT2D eigenvalue weighted by atomic mass is 10.2. The smallest absolute Gasteiger partial charge is 0.290 e. The maximum atomic E-state index is 8.86. The zero-order valence-corrected chi connectivity index (χ0v) is 7.06. The summed E-state index contributed by atoms with van der Waals surface area (Å²) < 4.78 is 5.80. The number of hydrogen-bond acceptors (Lipinski definition) is 3. The molecular weight excluding hydrogens is 168 g/mol. The van der Waals surface area contributed by atoms with Crippen LogP contribution in [0.1, 0.15) is 5.56 Å². The number of hydrogen-bond donors (Lipinski definition) is 1. The maximum absolute atomic E-state index is 8.86. The van der Waals surface area contributed by atoms with Crippen molar-refractivity contribution in [1.82, 2.24) is 5.27 Å². The van der Waals surface area contributed by atoms with Gasteiger partial charge in [0, 0.05) is 0 Å². The molecular formula is C9H8N2O2. The monoisotopic (exact) mass is 176 g/mol. The second-order valence-electron chi connectivity index (χ2n) is 2.74. The summed E-state index contributed by atoms with van der Waals surface area (Å²) in [6.45, 7) is 2.00. The molecule has 0 bridgehead atoms. The first-order valence-electron chi connectivity index (χ1n) is 3.83. The van der Waals surface area contributed by atoms with E-state index in [1.807, 2.05) is 31.2 Å². The van der Waals surface area contributed by atoms with E-state index in [0.29, 0.717) is 0 Å². The van der Waals surface area contributed by atoms with Crippen molar-refractivity contribution in [3.8, 4) is 11.6 Å². The van der Waals surface area contributed by atoms with Crippen molar-refractivity contribution in [1.29, 1.82) is 0 Å². The van der Waals surface area contributed by atoms with Crippen LogP contribution in [0.2, 0.25) is 0 Å². The molecule has 0 fully saturated rings. The van der Waals surface area contributed by atoms with Crippen molar-refractivity contribution in [3.63, 3.8) is 0 Å². The van der Waals surface area contributed by atoms with Gasteiger partial charge in [0.25, 0.3) is 5.95 Å². The summed E-state index contributed by atoms with van der Waals surface area (Å²) in [5, 5.41) is 12.4. The third-order valence-electron chi connectivity index (χ3n) is 1.69. The Kier molecular flexibility index (Phi) is 1.73. The SMILES string of the molecule is Cc1ccc(-[n+]2[c-]c(O)on2)cc1. The second kappa shape index (κ2) is 2.90. The molecule has 2 rings (SSSR count). The number of nitrogens with zero attached hydrogens (tertiary/aromatic N) is 2. The second-order valence-corrected chi connectivity index (χ2v) is 2.74. The molecule has 0 aliphatic carbocycles. The molecule has 2 aromatic rings. The van der Waals surface area contributed by atoms with Crippen LogP contribution in [-0.2, 0) is 0 Å². The van der Waals surface area contributed by atoms with E-state index in [0.717, 1.165) is 11.3 Å². The first-order valence-corrected chi connectivity index (χ1v) is 3.83. The highest BCUT2D eigenvalue weighted by atomic mass is 16.6. The predicted molar refractivity (Wildman–Crippen MR) is 43.3 cm³/mol. The number of rotatable bonds is 1. The molecule has 0 amide bonds. The van der Waals surface area contributed by atoms with Gasteiger partial charge in [0.1, 0.15) is 0 Å². The maximum Gasteiger partial charge on any atom is 0.290 e. The van der Waals surface area contributed by atoms with E-state index in [4.69, 9.17) is 5.11 Å². The number of aryl methyl sites for hydroxylation is 1. The van der Waals surface area contributed by atoms with Gasteiger partial charge in [0.15, 0.2) is 11.5 Å². The molecule has 0 saturated heterocycles. The first kappa shape index (κ1) is 7.79. The molecule has 66 valence electrons. The van der Waals surface area contributed by atoms with Crippen LogP contribution >= 0.6 is 0 Å². The van der Waals surface area contributed by atoms with E-state index in [2.05, 4.69) is 16.0 Å². The minimum absolute atomic E-state index is 0.319. The van der Waals surface area contributed by atoms with Gasteiger partial charge >= 0.3 is 0 Å². The standard InChI is InChI=1S/C9H8N2O2/c1-7-2-4-8(5-3-7)11-6-9(12)13-10-11/h2-5,12H,1H3. The van der Waals surface area contributed by atoms with Crippen LogP contribution in [0.5, 0.6) is 5.95 Å². The van der Waals surface area contributed by atoms with Gasteiger partial charge in [-0.15, -0.1) is 0 Å². The fourth-order valence-electron chi connectivity index (χ4n) is 1.01. The molecule has 0 aliphatic rings. The third-order valence-corrected chi connectivity index (χ3v) is 1.69. The molecule has 13 heavy (non-hydrogen) atoms. The highest BCUT2D eigenvalue weighted by molar-refractivity contribution is 5.26. The summed E-state index contributed by atoms with van der Waals surface area (Å²) in [6, 6.07) is 7.63. The van der Waals surface area contributed by atoms with Gasteiger partial charge < -0.3 is 5.11 Å². The zero-order valence-electron chi connectivity index (χ0n) is 7.06. The van der Waals surface area contributed by atoms with E-state index in [1.54, 1.807) is 0 Å². The number of aromatic nitrogens is 2. The third kappa shape index (κ3) is 1.51. The van der Waals surface area contributed by atoms with Gasteiger partial charge in [-0.2, -0.15) is 4.68 Å². The van der Waals surface area contributed by atoms with Crippen molar-refractivity contribution in [2.45, 2.75) is 6.92 Å². The molecule has 0 spiro atoms. The summed E-state index contributed by atoms with van der Waals surface area (Å²) >= 11 is 0. The van der Waals surface area contributed by atoms with Gasteiger partial charge in [0.2, 0.25) is 0 Å². The van der Waals surface area contributed by atoms with Gasteiger partial charge in [-0.05, 0) is 6.92 Å². The summed E-state index contributed by atoms with van der Waals surface area (Å²) in [5.41, 5.74) is 1.96. The molecule has 1 aromatic heterocycles. The Hall–Kier alpha value is -1.84. The highest BCUT2D eigenvalue weighted by Crippen LogP contribution is 2.04. The Morgan fingerprint density at radius 1 is 1.38 bits per heavy atom. The summed E-state index contributed by atoms with van der Waals surface area (Å²) in [5.74, 6) is -0.319. The van der Waals surface area contributed by atoms with Crippen LogP contribution in [0.15, 0.2) is 28.8 Å². The summed E-state index contributed by atoms with van der Waals surface area (Å²) in [6.07, 6.45) is 2.51. The molecule has 4 nitrogen and oxygen atoms in total. The quantitative estimate of drug-likeness (QED) is 0.515. The Morgan fingerprint density at radius 2 is 2.08 bits per heavy atom. The average Bonchev–Trinajstić information content (AvgIpc) is 2.53. The van der Waals surface area contributed by atoms with Crippen molar-refractivity contribution in [2.75, 3.05) is 0 Å². The van der Waals surface area contributed by atoms with Crippen molar-refractivity contribution < 1.29 is 14.3 Å². The fourth-order valence-corrected chi connectivity index (χ4v) is 1.01. The topological polar surface area (TPSA) is 50.1 Å². The van der Waals surface area contributed by atoms with Gasteiger partial charge in [-0.3, -0.25) is 4.52 Å². The lowest BCUT2D eigenvalue weighted by molar-refractivity contribution is -0.674. The van der Waals surface area contributed by atoms with Crippen molar-refractivity contribution >= 4 is 0 Å². The Morgan fingerprint density at radius 3 is 2.62 bits per heavy atom. The number of benzene rings is 1. The lowest BCUT2D eigenvalue weighted by Crippen LogP contribution is -2.31. The minimum Gasteiger partial charge on any atom is -0.489 e. The predicted octanol–water partition coefficient (Wildman–Crippen LogP) is 0.766. The first-order chi connectivity index (χ1) is 6.25. The molecule has 1 heterocycles. The van der Waals surface area contributed by atoms with Crippen LogP contribution < -0.4 is 4.68 Å². The minimum atomic E-state index is -0.319. The van der Waals surface area contributed by atoms with Crippen LogP contribution in [0, 0.1) is 13.1 Å². The van der Waals surface area contributed by atoms with Gasteiger partial charge in [-0.1, -0.05) is 29.8 Å². The van der Waals surface area contributed by atoms with Crippen LogP contribution in [-0.4, -0.2) is 10.4 Å². The Bertz CT molecular complexity index is 406. The van der Waals surface area contributed by atoms with Gasteiger partial charge in [0.05, 0.1) is 5.69 Å². The van der Waals surface area contributed by atoms with Crippen LogP contribution in [0.4, 0.5) is 0 Å². The number of aromatic hydroxyl groups is 1. The van der Waals surface area contributed by atoms with Crippen molar-refractivity contribution in [3.05, 3.63) is 36.0 Å². The normalized spacial score (nSPS) is 10.2. The zero-order chi connectivity index (χ0) is 9.26. The van der Waals surface area contributed by atoms with E-state index in [-0.39, 0.29) is 5.95 Å². The highest BCUT2D eigenvalue weighted by Gasteiger charge is 2.02. The lowest BCUT2D eigenvalue weighted by Gasteiger charge is -1.96. The van der Waals surface area contributed by atoms with E-state index < -0.39 is 0 Å². The fraction of sp³-hybridized carbons (Fsp3) is 0.111. The Labute approximate surface area is 75.0 Å². The van der Waals surface area contributed by atoms with E-state index in [9.17, 15) is 0 Å². The van der Waals surface area contributed by atoms with Gasteiger partial charge in [-0.25, -0.2) is 0 Å². The molecule has 0 saturated carbocycles. The van der Waals surface area contributed by atoms with Crippen LogP contribution in [0.25, 0.3) is 5.69 Å². The largest absolute Gasteiger partial charge is 0.489 e. The molecule has 1 N–H and O–H groups in total. The van der Waals surface area contributed by atoms with Crippen LogP contribution in [0.3, 0.4) is 0 Å². The molecule has 0 aliphatic heterocycles.